The van der Waals surface area contributed by atoms with E-state index in [2.05, 4.69) is 15.4 Å². The average molecular weight is 327 g/mol. The summed E-state index contributed by atoms with van der Waals surface area (Å²) in [5, 5.41) is 8.76. The van der Waals surface area contributed by atoms with Gasteiger partial charge in [0.15, 0.2) is 10.8 Å². The molecule has 3 aromatic heterocycles. The van der Waals surface area contributed by atoms with Crippen LogP contribution in [0.4, 0.5) is 5.13 Å². The molecule has 118 valence electrons. The Labute approximate surface area is 137 Å². The molecule has 1 N–H and O–H groups in total. The number of carbonyl (C=O) groups excluding carboxylic acids is 1. The molecule has 0 aromatic carbocycles. The first-order valence-corrected chi connectivity index (χ1v) is 8.42. The predicted molar refractivity (Wildman–Crippen MR) is 90.0 cm³/mol. The number of anilines is 1. The number of aromatic nitrogens is 4. The first-order chi connectivity index (χ1) is 11.0. The van der Waals surface area contributed by atoms with E-state index in [1.165, 1.54) is 11.3 Å². The molecule has 23 heavy (non-hydrogen) atoms. The van der Waals surface area contributed by atoms with E-state index in [4.69, 9.17) is 4.98 Å². The van der Waals surface area contributed by atoms with Crippen LogP contribution in [0.25, 0.3) is 11.0 Å². The lowest BCUT2D eigenvalue weighted by atomic mass is 10.1. The van der Waals surface area contributed by atoms with Crippen molar-refractivity contribution in [1.29, 1.82) is 0 Å². The van der Waals surface area contributed by atoms with Crippen molar-refractivity contribution in [2.45, 2.75) is 32.6 Å². The first kappa shape index (κ1) is 14.3. The summed E-state index contributed by atoms with van der Waals surface area (Å²) < 4.78 is 1.75. The second kappa shape index (κ2) is 5.13. The number of rotatable bonds is 3. The topological polar surface area (TPSA) is 72.7 Å². The van der Waals surface area contributed by atoms with Crippen LogP contribution in [0.2, 0.25) is 0 Å². The molecule has 7 heteroatoms. The lowest BCUT2D eigenvalue weighted by Gasteiger charge is -2.07. The Hall–Kier alpha value is -2.28. The van der Waals surface area contributed by atoms with E-state index >= 15 is 0 Å². The quantitative estimate of drug-likeness (QED) is 0.802. The maximum Gasteiger partial charge on any atom is 0.258 e. The van der Waals surface area contributed by atoms with Gasteiger partial charge in [0.05, 0.1) is 16.6 Å². The van der Waals surface area contributed by atoms with E-state index in [1.54, 1.807) is 10.9 Å². The van der Waals surface area contributed by atoms with Crippen LogP contribution in [0.15, 0.2) is 12.3 Å². The van der Waals surface area contributed by atoms with E-state index in [0.717, 1.165) is 40.1 Å². The molecule has 1 saturated carbocycles. The van der Waals surface area contributed by atoms with Crippen LogP contribution in [0.5, 0.6) is 0 Å². The summed E-state index contributed by atoms with van der Waals surface area (Å²) in [4.78, 5) is 22.8. The summed E-state index contributed by atoms with van der Waals surface area (Å²) in [6.07, 6.45) is 4.04. The minimum Gasteiger partial charge on any atom is -0.298 e. The van der Waals surface area contributed by atoms with Crippen molar-refractivity contribution in [2.75, 3.05) is 5.32 Å². The molecule has 0 aliphatic heterocycles. The van der Waals surface area contributed by atoms with Crippen LogP contribution in [0.3, 0.4) is 0 Å². The van der Waals surface area contributed by atoms with E-state index < -0.39 is 0 Å². The summed E-state index contributed by atoms with van der Waals surface area (Å²) in [7, 11) is 1.87. The van der Waals surface area contributed by atoms with Crippen molar-refractivity contribution < 1.29 is 4.79 Å². The molecular formula is C16H17N5OS. The molecular weight excluding hydrogens is 310 g/mol. The molecule has 3 heterocycles. The number of hydrogen-bond donors (Lipinski definition) is 1. The number of amides is 1. The van der Waals surface area contributed by atoms with Crippen molar-refractivity contribution in [3.8, 4) is 0 Å². The Morgan fingerprint density at radius 3 is 2.83 bits per heavy atom. The van der Waals surface area contributed by atoms with Gasteiger partial charge in [-0.3, -0.25) is 14.8 Å². The normalized spacial score (nSPS) is 14.4. The molecule has 6 nitrogen and oxygen atoms in total. The Balaban J connectivity index is 1.82. The van der Waals surface area contributed by atoms with Gasteiger partial charge < -0.3 is 0 Å². The van der Waals surface area contributed by atoms with Crippen molar-refractivity contribution in [3.05, 3.63) is 34.1 Å². The number of thiazole rings is 1. The van der Waals surface area contributed by atoms with Crippen LogP contribution in [-0.4, -0.2) is 25.7 Å². The minimum absolute atomic E-state index is 0.148. The fourth-order valence-corrected chi connectivity index (χ4v) is 3.47. The second-order valence-electron chi connectivity index (χ2n) is 6.01. The Morgan fingerprint density at radius 1 is 1.39 bits per heavy atom. The molecule has 4 rings (SSSR count). The Kier molecular flexibility index (Phi) is 3.19. The molecule has 3 aromatic rings. The molecule has 0 unspecified atom stereocenters. The van der Waals surface area contributed by atoms with Crippen LogP contribution in [0.1, 0.15) is 45.4 Å². The molecule has 1 aliphatic rings. The molecule has 0 atom stereocenters. The van der Waals surface area contributed by atoms with Gasteiger partial charge in [-0.05, 0) is 32.8 Å². The van der Waals surface area contributed by atoms with Gasteiger partial charge in [-0.1, -0.05) is 0 Å². The molecule has 0 radical (unpaired) electrons. The number of carbonyl (C=O) groups is 1. The monoisotopic (exact) mass is 327 g/mol. The second-order valence-corrected chi connectivity index (χ2v) is 7.24. The maximum atomic E-state index is 12.8. The van der Waals surface area contributed by atoms with E-state index in [0.29, 0.717) is 16.6 Å². The van der Waals surface area contributed by atoms with Crippen molar-refractivity contribution in [2.24, 2.45) is 7.05 Å². The van der Waals surface area contributed by atoms with E-state index in [1.807, 2.05) is 27.0 Å². The molecule has 0 spiro atoms. The zero-order chi connectivity index (χ0) is 16.1. The van der Waals surface area contributed by atoms with Gasteiger partial charge in [0, 0.05) is 29.7 Å². The number of pyridine rings is 1. The average Bonchev–Trinajstić information content (AvgIpc) is 3.23. The summed E-state index contributed by atoms with van der Waals surface area (Å²) in [5.41, 5.74) is 3.21. The maximum absolute atomic E-state index is 12.8. The highest BCUT2D eigenvalue weighted by molar-refractivity contribution is 7.15. The molecule has 1 aliphatic carbocycles. The minimum atomic E-state index is -0.148. The van der Waals surface area contributed by atoms with Gasteiger partial charge in [0.2, 0.25) is 0 Å². The van der Waals surface area contributed by atoms with E-state index in [9.17, 15) is 4.79 Å². The first-order valence-electron chi connectivity index (χ1n) is 7.61. The van der Waals surface area contributed by atoms with Crippen molar-refractivity contribution >= 4 is 33.4 Å². The van der Waals surface area contributed by atoms with Crippen LogP contribution >= 0.6 is 11.3 Å². The van der Waals surface area contributed by atoms with E-state index in [-0.39, 0.29) is 5.91 Å². The smallest absolute Gasteiger partial charge is 0.258 e. The van der Waals surface area contributed by atoms with Crippen LogP contribution < -0.4 is 5.32 Å². The largest absolute Gasteiger partial charge is 0.298 e. The van der Waals surface area contributed by atoms with Crippen LogP contribution in [0, 0.1) is 13.8 Å². The Bertz CT molecular complexity index is 922. The number of aryl methyl sites for hydroxylation is 3. The SMILES string of the molecule is Cc1cnc(NC(=O)c2cc(C3CC3)nc3c2c(C)nn3C)s1. The lowest BCUT2D eigenvalue weighted by molar-refractivity contribution is 0.102. The molecule has 0 saturated heterocycles. The van der Waals surface area contributed by atoms with Crippen molar-refractivity contribution in [3.63, 3.8) is 0 Å². The number of fused-ring (bicyclic) bond motifs is 1. The molecule has 1 fully saturated rings. The highest BCUT2D eigenvalue weighted by Crippen LogP contribution is 2.40. The highest BCUT2D eigenvalue weighted by Gasteiger charge is 2.28. The Morgan fingerprint density at radius 2 is 2.17 bits per heavy atom. The lowest BCUT2D eigenvalue weighted by Crippen LogP contribution is -2.13. The summed E-state index contributed by atoms with van der Waals surface area (Å²) in [6, 6.07) is 1.92. The summed E-state index contributed by atoms with van der Waals surface area (Å²) in [5.74, 6) is 0.327. The molecule has 0 bridgehead atoms. The van der Waals surface area contributed by atoms with Gasteiger partial charge in [-0.25, -0.2) is 9.97 Å². The molecule has 1 amide bonds. The van der Waals surface area contributed by atoms with Gasteiger partial charge >= 0.3 is 0 Å². The number of nitrogens with one attached hydrogen (secondary N) is 1. The fraction of sp³-hybridized carbons (Fsp3) is 0.375. The third-order valence-electron chi connectivity index (χ3n) is 4.07. The highest BCUT2D eigenvalue weighted by atomic mass is 32.1. The predicted octanol–water partition coefficient (Wildman–Crippen LogP) is 3.17. The van der Waals surface area contributed by atoms with Gasteiger partial charge in [-0.15, -0.1) is 11.3 Å². The number of hydrogen-bond acceptors (Lipinski definition) is 5. The third kappa shape index (κ3) is 2.50. The summed E-state index contributed by atoms with van der Waals surface area (Å²) >= 11 is 1.47. The zero-order valence-corrected chi connectivity index (χ0v) is 14.1. The van der Waals surface area contributed by atoms with Crippen LogP contribution in [-0.2, 0) is 7.05 Å². The fourth-order valence-electron chi connectivity index (χ4n) is 2.81. The van der Waals surface area contributed by atoms with Gasteiger partial charge in [-0.2, -0.15) is 5.10 Å². The zero-order valence-electron chi connectivity index (χ0n) is 13.3. The van der Waals surface area contributed by atoms with Gasteiger partial charge in [0.25, 0.3) is 5.91 Å². The van der Waals surface area contributed by atoms with Gasteiger partial charge in [0.1, 0.15) is 0 Å². The summed E-state index contributed by atoms with van der Waals surface area (Å²) in [6.45, 7) is 3.87. The number of nitrogens with zero attached hydrogens (tertiary/aromatic N) is 4. The third-order valence-corrected chi connectivity index (χ3v) is 4.90. The standard InChI is InChI=1S/C16H17N5OS/c1-8-7-17-16(23-8)19-15(22)11-6-12(10-4-5-10)18-14-13(11)9(2)20-21(14)3/h6-7,10H,4-5H2,1-3H3,(H,17,19,22). The van der Waals surface area contributed by atoms with Crippen molar-refractivity contribution in [1.82, 2.24) is 19.7 Å².